The second-order valence-corrected chi connectivity index (χ2v) is 5.61. The normalized spacial score (nSPS) is 13.2. The van der Waals surface area contributed by atoms with Crippen LogP contribution in [0.15, 0.2) is 40.2 Å². The van der Waals surface area contributed by atoms with Crippen LogP contribution in [0, 0.1) is 0 Å². The average Bonchev–Trinajstić information content (AvgIpc) is 2.19. The van der Waals surface area contributed by atoms with Crippen molar-refractivity contribution in [3.63, 3.8) is 0 Å². The summed E-state index contributed by atoms with van der Waals surface area (Å²) in [7, 11) is -3.68. The van der Waals surface area contributed by atoms with Crippen LogP contribution in [0.2, 0.25) is 0 Å². The first-order valence-corrected chi connectivity index (χ1v) is 6.80. The number of hydrogen-bond donors (Lipinski definition) is 1. The van der Waals surface area contributed by atoms with Gasteiger partial charge in [0.15, 0.2) is 0 Å². The number of ether oxygens (including phenoxy) is 1. The van der Waals surface area contributed by atoms with Crippen molar-refractivity contribution in [2.75, 3.05) is 0 Å². The van der Waals surface area contributed by atoms with E-state index in [9.17, 15) is 8.42 Å². The number of primary sulfonamides is 1. The van der Waals surface area contributed by atoms with Crippen LogP contribution in [-0.2, 0) is 10.0 Å². The van der Waals surface area contributed by atoms with Gasteiger partial charge in [0.05, 0.1) is 9.37 Å². The minimum absolute atomic E-state index is 0.0398. The highest BCUT2D eigenvalue weighted by Gasteiger charge is 2.11. The molecule has 1 aromatic rings. The zero-order valence-corrected chi connectivity index (χ0v) is 11.1. The highest BCUT2D eigenvalue weighted by molar-refractivity contribution is 9.10. The molecule has 0 amide bonds. The fourth-order valence-electron chi connectivity index (χ4n) is 1.00. The second kappa shape index (κ2) is 4.99. The van der Waals surface area contributed by atoms with E-state index in [-0.39, 0.29) is 11.0 Å². The van der Waals surface area contributed by atoms with Crippen molar-refractivity contribution in [1.82, 2.24) is 0 Å². The molecule has 1 rings (SSSR count). The van der Waals surface area contributed by atoms with E-state index in [0.717, 1.165) is 0 Å². The van der Waals surface area contributed by atoms with Gasteiger partial charge in [0.25, 0.3) is 0 Å². The lowest BCUT2D eigenvalue weighted by molar-refractivity contribution is 0.268. The van der Waals surface area contributed by atoms with Gasteiger partial charge in [-0.2, -0.15) is 0 Å². The molecule has 0 saturated carbocycles. The number of rotatable bonds is 4. The summed E-state index contributed by atoms with van der Waals surface area (Å²) < 4.78 is 28.1. The molecule has 0 heterocycles. The van der Waals surface area contributed by atoms with Gasteiger partial charge in [-0.15, -0.1) is 0 Å². The quantitative estimate of drug-likeness (QED) is 0.866. The van der Waals surface area contributed by atoms with Crippen molar-refractivity contribution in [3.8, 4) is 5.75 Å². The highest BCUT2D eigenvalue weighted by Crippen LogP contribution is 2.28. The number of sulfonamides is 1. The van der Waals surface area contributed by atoms with Gasteiger partial charge >= 0.3 is 0 Å². The van der Waals surface area contributed by atoms with Gasteiger partial charge in [-0.1, -0.05) is 12.7 Å². The number of nitrogens with two attached hydrogens (primary N) is 1. The monoisotopic (exact) mass is 305 g/mol. The Kier molecular flexibility index (Phi) is 4.12. The fraction of sp³-hybridized carbons (Fsp3) is 0.200. The van der Waals surface area contributed by atoms with Gasteiger partial charge < -0.3 is 4.74 Å². The Hall–Kier alpha value is -0.850. The predicted octanol–water partition coefficient (Wildman–Crippen LogP) is 2.05. The van der Waals surface area contributed by atoms with Gasteiger partial charge in [-0.05, 0) is 41.1 Å². The summed E-state index contributed by atoms with van der Waals surface area (Å²) in [6.07, 6.45) is 1.48. The van der Waals surface area contributed by atoms with E-state index in [1.54, 1.807) is 12.1 Å². The molecule has 0 aromatic heterocycles. The maximum atomic E-state index is 11.1. The van der Waals surface area contributed by atoms with Gasteiger partial charge in [0.1, 0.15) is 11.9 Å². The van der Waals surface area contributed by atoms with Crippen LogP contribution in [0.25, 0.3) is 0 Å². The molecule has 1 aromatic carbocycles. The standard InChI is InChI=1S/C10H12BrNO3S/c1-3-7(2)15-10-5-4-8(6-9(10)11)16(12,13)14/h3-7H,1H2,2H3,(H2,12,13,14). The van der Waals surface area contributed by atoms with Crippen LogP contribution in [0.4, 0.5) is 0 Å². The third-order valence-corrected chi connectivity index (χ3v) is 3.41. The molecule has 16 heavy (non-hydrogen) atoms. The summed E-state index contributed by atoms with van der Waals surface area (Å²) in [6, 6.07) is 4.34. The van der Waals surface area contributed by atoms with Gasteiger partial charge in [-0.25, -0.2) is 13.6 Å². The largest absolute Gasteiger partial charge is 0.485 e. The first-order chi connectivity index (χ1) is 7.34. The topological polar surface area (TPSA) is 69.4 Å². The predicted molar refractivity (Wildman–Crippen MR) is 65.8 cm³/mol. The highest BCUT2D eigenvalue weighted by atomic mass is 79.9. The SMILES string of the molecule is C=CC(C)Oc1ccc(S(N)(=O)=O)cc1Br. The van der Waals surface area contributed by atoms with Gasteiger partial charge in [-0.3, -0.25) is 0 Å². The first kappa shape index (κ1) is 13.2. The van der Waals surface area contributed by atoms with E-state index in [0.29, 0.717) is 10.2 Å². The maximum Gasteiger partial charge on any atom is 0.238 e. The second-order valence-electron chi connectivity index (χ2n) is 3.20. The van der Waals surface area contributed by atoms with Crippen LogP contribution < -0.4 is 9.88 Å². The maximum absolute atomic E-state index is 11.1. The zero-order valence-electron chi connectivity index (χ0n) is 8.68. The lowest BCUT2D eigenvalue weighted by Gasteiger charge is -2.12. The minimum Gasteiger partial charge on any atom is -0.485 e. The van der Waals surface area contributed by atoms with Crippen molar-refractivity contribution in [3.05, 3.63) is 35.3 Å². The molecule has 0 bridgehead atoms. The van der Waals surface area contributed by atoms with Crippen molar-refractivity contribution >= 4 is 26.0 Å². The summed E-state index contributed by atoms with van der Waals surface area (Å²) >= 11 is 3.22. The summed E-state index contributed by atoms with van der Waals surface area (Å²) in [5.41, 5.74) is 0. The summed E-state index contributed by atoms with van der Waals surface area (Å²) in [5.74, 6) is 0.541. The van der Waals surface area contributed by atoms with Crippen molar-refractivity contribution in [2.24, 2.45) is 5.14 Å². The van der Waals surface area contributed by atoms with Crippen LogP contribution in [0.5, 0.6) is 5.75 Å². The lowest BCUT2D eigenvalue weighted by atomic mass is 10.3. The Labute approximate surface area is 103 Å². The van der Waals surface area contributed by atoms with E-state index < -0.39 is 10.0 Å². The van der Waals surface area contributed by atoms with Gasteiger partial charge in [0, 0.05) is 0 Å². The molecule has 0 aliphatic rings. The van der Waals surface area contributed by atoms with Crippen LogP contribution >= 0.6 is 15.9 Å². The third-order valence-electron chi connectivity index (χ3n) is 1.88. The molecular weight excluding hydrogens is 294 g/mol. The fourth-order valence-corrected chi connectivity index (χ4v) is 2.17. The molecule has 1 unspecified atom stereocenters. The minimum atomic E-state index is -3.68. The Balaban J connectivity index is 3.05. The van der Waals surface area contributed by atoms with Crippen LogP contribution in [0.1, 0.15) is 6.92 Å². The van der Waals surface area contributed by atoms with Gasteiger partial charge in [0.2, 0.25) is 10.0 Å². The molecule has 0 spiro atoms. The Bertz CT molecular complexity index is 499. The molecule has 0 aliphatic heterocycles. The lowest BCUT2D eigenvalue weighted by Crippen LogP contribution is -2.12. The summed E-state index contributed by atoms with van der Waals surface area (Å²) in [5, 5.41) is 5.00. The van der Waals surface area contributed by atoms with E-state index in [2.05, 4.69) is 22.5 Å². The number of benzene rings is 1. The molecule has 88 valence electrons. The number of hydrogen-bond acceptors (Lipinski definition) is 3. The first-order valence-electron chi connectivity index (χ1n) is 4.46. The Morgan fingerprint density at radius 3 is 2.62 bits per heavy atom. The van der Waals surface area contributed by atoms with Crippen LogP contribution in [0.3, 0.4) is 0 Å². The van der Waals surface area contributed by atoms with E-state index in [4.69, 9.17) is 9.88 Å². The zero-order chi connectivity index (χ0) is 12.3. The molecule has 4 nitrogen and oxygen atoms in total. The summed E-state index contributed by atoms with van der Waals surface area (Å²) in [6.45, 7) is 5.41. The van der Waals surface area contributed by atoms with E-state index >= 15 is 0 Å². The average molecular weight is 306 g/mol. The van der Waals surface area contributed by atoms with E-state index in [1.807, 2.05) is 6.92 Å². The molecule has 0 aliphatic carbocycles. The molecule has 0 radical (unpaired) electrons. The third kappa shape index (κ3) is 3.33. The summed E-state index contributed by atoms with van der Waals surface area (Å²) in [4.78, 5) is 0.0398. The molecule has 6 heteroatoms. The molecule has 0 saturated heterocycles. The van der Waals surface area contributed by atoms with Crippen molar-refractivity contribution < 1.29 is 13.2 Å². The number of halogens is 1. The molecule has 2 N–H and O–H groups in total. The molecular formula is C10H12BrNO3S. The smallest absolute Gasteiger partial charge is 0.238 e. The van der Waals surface area contributed by atoms with Crippen molar-refractivity contribution in [2.45, 2.75) is 17.9 Å². The van der Waals surface area contributed by atoms with E-state index in [1.165, 1.54) is 12.1 Å². The Morgan fingerprint density at radius 2 is 2.19 bits per heavy atom. The Morgan fingerprint density at radius 1 is 1.56 bits per heavy atom. The molecule has 1 atom stereocenters. The van der Waals surface area contributed by atoms with Crippen molar-refractivity contribution in [1.29, 1.82) is 0 Å². The van der Waals surface area contributed by atoms with Crippen LogP contribution in [-0.4, -0.2) is 14.5 Å². The molecule has 0 fully saturated rings.